The number of aromatic nitrogens is 4. The molecule has 8 nitrogen and oxygen atoms in total. The van der Waals surface area contributed by atoms with E-state index < -0.39 is 10.0 Å². The molecule has 0 spiro atoms. The van der Waals surface area contributed by atoms with Crippen molar-refractivity contribution in [2.75, 3.05) is 19.3 Å². The van der Waals surface area contributed by atoms with E-state index in [9.17, 15) is 17.6 Å². The molecule has 4 aromatic rings. The first-order valence-electron chi connectivity index (χ1n) is 11.3. The lowest BCUT2D eigenvalue weighted by Crippen LogP contribution is -2.37. The van der Waals surface area contributed by atoms with Gasteiger partial charge in [-0.1, -0.05) is 24.3 Å². The summed E-state index contributed by atoms with van der Waals surface area (Å²) in [6.45, 7) is 0.831. The zero-order valence-electron chi connectivity index (χ0n) is 18.8. The number of nitrogens with zero attached hydrogens (tertiary/aromatic N) is 3. The normalized spacial score (nSPS) is 15.8. The molecule has 0 bridgehead atoms. The molecule has 178 valence electrons. The van der Waals surface area contributed by atoms with E-state index in [0.29, 0.717) is 50.3 Å². The quantitative estimate of drug-likeness (QED) is 0.440. The number of H-pyrrole nitrogens is 2. The molecule has 0 radical (unpaired) electrons. The molecule has 2 N–H and O–H groups in total. The predicted octanol–water partition coefficient (Wildman–Crippen LogP) is 3.11. The van der Waals surface area contributed by atoms with Gasteiger partial charge in [-0.25, -0.2) is 22.1 Å². The van der Waals surface area contributed by atoms with Crippen molar-refractivity contribution in [1.82, 2.24) is 24.1 Å². The van der Waals surface area contributed by atoms with Gasteiger partial charge in [0.2, 0.25) is 16.0 Å². The number of rotatable bonds is 6. The Morgan fingerprint density at radius 2 is 1.76 bits per heavy atom. The number of benzene rings is 2. The molecule has 2 aromatic carbocycles. The van der Waals surface area contributed by atoms with Gasteiger partial charge in [0.15, 0.2) is 0 Å². The van der Waals surface area contributed by atoms with Crippen molar-refractivity contribution in [3.8, 4) is 5.95 Å². The zero-order chi connectivity index (χ0) is 23.9. The van der Waals surface area contributed by atoms with Crippen LogP contribution in [0.4, 0.5) is 4.39 Å². The minimum absolute atomic E-state index is 0.0274. The van der Waals surface area contributed by atoms with Crippen molar-refractivity contribution >= 4 is 21.1 Å². The van der Waals surface area contributed by atoms with E-state index in [1.807, 2.05) is 24.3 Å². The van der Waals surface area contributed by atoms with E-state index in [4.69, 9.17) is 0 Å². The Balaban J connectivity index is 1.50. The molecule has 1 aliphatic heterocycles. The second-order valence-electron chi connectivity index (χ2n) is 8.78. The highest BCUT2D eigenvalue weighted by molar-refractivity contribution is 7.88. The van der Waals surface area contributed by atoms with Gasteiger partial charge in [0, 0.05) is 30.3 Å². The first kappa shape index (κ1) is 22.5. The van der Waals surface area contributed by atoms with Crippen molar-refractivity contribution in [2.45, 2.75) is 31.6 Å². The summed E-state index contributed by atoms with van der Waals surface area (Å²) in [7, 11) is -3.24. The van der Waals surface area contributed by atoms with E-state index in [0.717, 1.165) is 22.3 Å². The third-order valence-electron chi connectivity index (χ3n) is 6.52. The fourth-order valence-electron chi connectivity index (χ4n) is 4.66. The van der Waals surface area contributed by atoms with E-state index in [1.54, 1.807) is 12.1 Å². The molecule has 0 unspecified atom stereocenters. The van der Waals surface area contributed by atoms with Gasteiger partial charge in [0.1, 0.15) is 5.82 Å². The van der Waals surface area contributed by atoms with Gasteiger partial charge in [-0.05, 0) is 55.5 Å². The Kier molecular flexibility index (Phi) is 5.86. The van der Waals surface area contributed by atoms with E-state index in [2.05, 4.69) is 15.1 Å². The summed E-state index contributed by atoms with van der Waals surface area (Å²) >= 11 is 0. The SMILES string of the molecule is CS(=O)(=O)N1CCC(c2[nH]n(-c3nc4ccccc4[nH]3)c(=O)c2CCc2ccc(F)cc2)CC1. The van der Waals surface area contributed by atoms with Crippen LogP contribution in [-0.4, -0.2) is 51.8 Å². The lowest BCUT2D eigenvalue weighted by atomic mass is 9.90. The molecule has 1 aliphatic rings. The largest absolute Gasteiger partial charge is 0.322 e. The number of sulfonamides is 1. The number of para-hydroxylation sites is 2. The highest BCUT2D eigenvalue weighted by atomic mass is 32.2. The van der Waals surface area contributed by atoms with Gasteiger partial charge in [0.05, 0.1) is 17.3 Å². The number of hydrogen-bond donors (Lipinski definition) is 2. The summed E-state index contributed by atoms with van der Waals surface area (Å²) in [6, 6.07) is 13.9. The second-order valence-corrected chi connectivity index (χ2v) is 10.8. The second kappa shape index (κ2) is 8.84. The van der Waals surface area contributed by atoms with Crippen molar-refractivity contribution in [3.63, 3.8) is 0 Å². The third kappa shape index (κ3) is 4.43. The lowest BCUT2D eigenvalue weighted by Gasteiger charge is -2.30. The third-order valence-corrected chi connectivity index (χ3v) is 7.82. The monoisotopic (exact) mass is 483 g/mol. The van der Waals surface area contributed by atoms with Crippen LogP contribution in [0.15, 0.2) is 53.3 Å². The molecule has 2 aromatic heterocycles. The van der Waals surface area contributed by atoms with Crippen LogP contribution < -0.4 is 5.56 Å². The molecule has 1 saturated heterocycles. The Hall–Kier alpha value is -3.24. The Morgan fingerprint density at radius 3 is 2.44 bits per heavy atom. The van der Waals surface area contributed by atoms with E-state index in [-0.39, 0.29) is 17.3 Å². The Morgan fingerprint density at radius 1 is 1.06 bits per heavy atom. The molecule has 0 saturated carbocycles. The van der Waals surface area contributed by atoms with Gasteiger partial charge in [-0.15, -0.1) is 0 Å². The van der Waals surface area contributed by atoms with Crippen molar-refractivity contribution in [1.29, 1.82) is 0 Å². The van der Waals surface area contributed by atoms with Crippen LogP contribution in [0.25, 0.3) is 17.0 Å². The standard InChI is InChI=1S/C24H26FN5O3S/c1-34(32,33)29-14-12-17(13-15-29)22-19(11-8-16-6-9-18(25)10-7-16)23(31)30(28-22)24-26-20-4-2-3-5-21(20)27-24/h2-7,9-10,17,28H,8,11-15H2,1H3,(H,26,27). The van der Waals surface area contributed by atoms with Gasteiger partial charge in [-0.3, -0.25) is 9.89 Å². The maximum absolute atomic E-state index is 13.5. The highest BCUT2D eigenvalue weighted by Crippen LogP contribution is 2.30. The number of halogens is 1. The predicted molar refractivity (Wildman–Crippen MR) is 128 cm³/mol. The Bertz CT molecular complexity index is 1450. The molecule has 10 heteroatoms. The van der Waals surface area contributed by atoms with Crippen molar-refractivity contribution < 1.29 is 12.8 Å². The minimum Gasteiger partial charge on any atom is -0.322 e. The van der Waals surface area contributed by atoms with Gasteiger partial charge in [-0.2, -0.15) is 4.68 Å². The summed E-state index contributed by atoms with van der Waals surface area (Å²) in [5, 5.41) is 3.28. The maximum Gasteiger partial charge on any atom is 0.277 e. The zero-order valence-corrected chi connectivity index (χ0v) is 19.6. The molecule has 0 amide bonds. The molecule has 1 fully saturated rings. The number of hydrogen-bond acceptors (Lipinski definition) is 4. The molecule has 5 rings (SSSR count). The summed E-state index contributed by atoms with van der Waals surface area (Å²) in [6.07, 6.45) is 3.54. The topological polar surface area (TPSA) is 104 Å². The number of nitrogens with one attached hydrogen (secondary N) is 2. The summed E-state index contributed by atoms with van der Waals surface area (Å²) in [5.41, 5.74) is 3.82. The minimum atomic E-state index is -3.24. The molecular formula is C24H26FN5O3S. The van der Waals surface area contributed by atoms with Crippen molar-refractivity contribution in [2.24, 2.45) is 0 Å². The number of aromatic amines is 2. The lowest BCUT2D eigenvalue weighted by molar-refractivity contribution is 0.317. The molecular weight excluding hydrogens is 457 g/mol. The van der Waals surface area contributed by atoms with Crippen molar-refractivity contribution in [3.05, 3.63) is 81.5 Å². The van der Waals surface area contributed by atoms with Crippen LogP contribution >= 0.6 is 0 Å². The summed E-state index contributed by atoms with van der Waals surface area (Å²) in [5.74, 6) is 0.143. The average Bonchev–Trinajstić information content (AvgIpc) is 3.39. The Labute approximate surface area is 196 Å². The van der Waals surface area contributed by atoms with Crippen LogP contribution in [0.3, 0.4) is 0 Å². The summed E-state index contributed by atoms with van der Waals surface area (Å²) < 4.78 is 40.1. The van der Waals surface area contributed by atoms with Gasteiger partial charge < -0.3 is 4.98 Å². The maximum atomic E-state index is 13.5. The number of piperidine rings is 1. The van der Waals surface area contributed by atoms with E-state index in [1.165, 1.54) is 27.4 Å². The van der Waals surface area contributed by atoms with Gasteiger partial charge >= 0.3 is 0 Å². The van der Waals surface area contributed by atoms with Crippen LogP contribution in [0, 0.1) is 5.82 Å². The first-order chi connectivity index (χ1) is 16.3. The van der Waals surface area contributed by atoms with Crippen LogP contribution in [0.1, 0.15) is 35.6 Å². The number of fused-ring (bicyclic) bond motifs is 1. The molecule has 0 atom stereocenters. The average molecular weight is 484 g/mol. The summed E-state index contributed by atoms with van der Waals surface area (Å²) in [4.78, 5) is 21.3. The van der Waals surface area contributed by atoms with Gasteiger partial charge in [0.25, 0.3) is 5.56 Å². The fraction of sp³-hybridized carbons (Fsp3) is 0.333. The number of aryl methyl sites for hydroxylation is 1. The number of imidazole rings is 1. The van der Waals surface area contributed by atoms with E-state index >= 15 is 0 Å². The van der Waals surface area contributed by atoms with Crippen LogP contribution in [-0.2, 0) is 22.9 Å². The highest BCUT2D eigenvalue weighted by Gasteiger charge is 2.30. The first-order valence-corrected chi connectivity index (χ1v) is 13.1. The molecule has 0 aliphatic carbocycles. The van der Waals surface area contributed by atoms with Crippen LogP contribution in [0.2, 0.25) is 0 Å². The molecule has 3 heterocycles. The molecule has 34 heavy (non-hydrogen) atoms. The smallest absolute Gasteiger partial charge is 0.277 e. The fourth-order valence-corrected chi connectivity index (χ4v) is 5.53. The van der Waals surface area contributed by atoms with Crippen LogP contribution in [0.5, 0.6) is 0 Å².